The van der Waals surface area contributed by atoms with Gasteiger partial charge in [0, 0.05) is 6.54 Å². The molecular weight excluding hydrogens is 222 g/mol. The first kappa shape index (κ1) is 13.1. The van der Waals surface area contributed by atoms with Crippen molar-refractivity contribution < 1.29 is 14.7 Å². The smallest absolute Gasteiger partial charge is 0.354 e. The van der Waals surface area contributed by atoms with Gasteiger partial charge < -0.3 is 10.8 Å². The summed E-state index contributed by atoms with van der Waals surface area (Å²) in [7, 11) is 0. The Morgan fingerprint density at radius 2 is 2.18 bits per heavy atom. The molecule has 0 aliphatic carbocycles. The molecule has 0 saturated carbocycles. The third-order valence-corrected chi connectivity index (χ3v) is 2.24. The molecule has 0 bridgehead atoms. The predicted octanol–water partition coefficient (Wildman–Crippen LogP) is 0.0870. The van der Waals surface area contributed by atoms with Crippen LogP contribution < -0.4 is 5.73 Å². The summed E-state index contributed by atoms with van der Waals surface area (Å²) in [6.45, 7) is 3.07. The minimum atomic E-state index is -1.07. The zero-order valence-corrected chi connectivity index (χ0v) is 9.59. The van der Waals surface area contributed by atoms with E-state index in [4.69, 9.17) is 10.8 Å². The second-order valence-corrected chi connectivity index (χ2v) is 3.59. The fourth-order valence-corrected chi connectivity index (χ4v) is 1.42. The molecule has 0 radical (unpaired) electrons. The maximum absolute atomic E-state index is 10.8. The van der Waals surface area contributed by atoms with Gasteiger partial charge in [-0.1, -0.05) is 13.0 Å². The molecule has 0 fully saturated rings. The number of amides is 1. The molecule has 1 aromatic heterocycles. The normalized spacial score (nSPS) is 10.5. The molecule has 1 heterocycles. The van der Waals surface area contributed by atoms with Crippen LogP contribution in [0.15, 0.2) is 18.2 Å². The van der Waals surface area contributed by atoms with Crippen LogP contribution in [0.25, 0.3) is 0 Å². The molecule has 0 aliphatic rings. The van der Waals surface area contributed by atoms with Crippen LogP contribution in [0, 0.1) is 0 Å². The predicted molar refractivity (Wildman–Crippen MR) is 61.3 cm³/mol. The molecule has 1 rings (SSSR count). The van der Waals surface area contributed by atoms with E-state index in [1.54, 1.807) is 17.0 Å². The molecule has 6 nitrogen and oxygen atoms in total. The second-order valence-electron chi connectivity index (χ2n) is 3.59. The van der Waals surface area contributed by atoms with Gasteiger partial charge in [0.25, 0.3) is 0 Å². The third-order valence-electron chi connectivity index (χ3n) is 2.24. The first-order chi connectivity index (χ1) is 8.02. The summed E-state index contributed by atoms with van der Waals surface area (Å²) in [5.41, 5.74) is 5.71. The lowest BCUT2D eigenvalue weighted by Crippen LogP contribution is -2.33. The molecule has 3 N–H and O–H groups in total. The van der Waals surface area contributed by atoms with Crippen molar-refractivity contribution in [1.29, 1.82) is 0 Å². The average molecular weight is 237 g/mol. The van der Waals surface area contributed by atoms with E-state index in [-0.39, 0.29) is 12.2 Å². The van der Waals surface area contributed by atoms with E-state index in [9.17, 15) is 9.59 Å². The number of aromatic carboxylic acids is 1. The number of likely N-dealkylation sites (N-methyl/N-ethyl adjacent to an activating group) is 1. The van der Waals surface area contributed by atoms with Gasteiger partial charge in [-0.25, -0.2) is 9.78 Å². The molecule has 6 heteroatoms. The summed E-state index contributed by atoms with van der Waals surface area (Å²) < 4.78 is 0. The van der Waals surface area contributed by atoms with Crippen molar-refractivity contribution in [3.63, 3.8) is 0 Å². The van der Waals surface area contributed by atoms with Gasteiger partial charge in [-0.05, 0) is 18.7 Å². The third kappa shape index (κ3) is 4.20. The van der Waals surface area contributed by atoms with Gasteiger partial charge >= 0.3 is 5.97 Å². The van der Waals surface area contributed by atoms with E-state index in [1.807, 2.05) is 6.92 Å². The van der Waals surface area contributed by atoms with Crippen LogP contribution in [0.5, 0.6) is 0 Å². The van der Waals surface area contributed by atoms with Crippen molar-refractivity contribution in [3.05, 3.63) is 29.6 Å². The molecule has 0 aromatic carbocycles. The highest BCUT2D eigenvalue weighted by Gasteiger charge is 2.10. The van der Waals surface area contributed by atoms with Crippen LogP contribution >= 0.6 is 0 Å². The van der Waals surface area contributed by atoms with Crippen LogP contribution in [-0.2, 0) is 11.3 Å². The lowest BCUT2D eigenvalue weighted by Gasteiger charge is -2.17. The van der Waals surface area contributed by atoms with Crippen LogP contribution in [-0.4, -0.2) is 40.0 Å². The molecule has 0 saturated heterocycles. The molecule has 0 unspecified atom stereocenters. The number of carbonyl (C=O) groups is 2. The molecule has 1 aromatic rings. The molecule has 0 aliphatic heterocycles. The van der Waals surface area contributed by atoms with Gasteiger partial charge in [0.2, 0.25) is 5.91 Å². The van der Waals surface area contributed by atoms with Crippen LogP contribution in [0.4, 0.5) is 0 Å². The number of carboxylic acid groups (broad SMARTS) is 1. The fraction of sp³-hybridized carbons (Fsp3) is 0.364. The summed E-state index contributed by atoms with van der Waals surface area (Å²) >= 11 is 0. The van der Waals surface area contributed by atoms with E-state index in [0.717, 1.165) is 0 Å². The van der Waals surface area contributed by atoms with Crippen LogP contribution in [0.1, 0.15) is 23.1 Å². The number of rotatable bonds is 6. The summed E-state index contributed by atoms with van der Waals surface area (Å²) in [6, 6.07) is 4.77. The molecule has 92 valence electrons. The first-order valence-corrected chi connectivity index (χ1v) is 5.22. The largest absolute Gasteiger partial charge is 0.477 e. The highest BCUT2D eigenvalue weighted by molar-refractivity contribution is 5.85. The van der Waals surface area contributed by atoms with Crippen LogP contribution in [0.2, 0.25) is 0 Å². The Bertz CT molecular complexity index is 420. The van der Waals surface area contributed by atoms with Gasteiger partial charge in [-0.2, -0.15) is 0 Å². The maximum Gasteiger partial charge on any atom is 0.354 e. The molecule has 17 heavy (non-hydrogen) atoms. The number of carboxylic acids is 1. The van der Waals surface area contributed by atoms with Gasteiger partial charge in [-0.15, -0.1) is 0 Å². The number of pyridine rings is 1. The number of hydrogen-bond acceptors (Lipinski definition) is 4. The van der Waals surface area contributed by atoms with Crippen molar-refractivity contribution in [2.75, 3.05) is 13.1 Å². The highest BCUT2D eigenvalue weighted by atomic mass is 16.4. The number of primary amides is 1. The standard InChI is InChI=1S/C11H15N3O3/c1-2-14(7-10(12)15)6-8-4-3-5-9(13-8)11(16)17/h3-5H,2,6-7H2,1H3,(H2,12,15)(H,16,17). The van der Waals surface area contributed by atoms with Crippen molar-refractivity contribution in [2.45, 2.75) is 13.5 Å². The summed E-state index contributed by atoms with van der Waals surface area (Å²) in [5, 5.41) is 8.80. The average Bonchev–Trinajstić information content (AvgIpc) is 2.28. The lowest BCUT2D eigenvalue weighted by molar-refractivity contribution is -0.119. The van der Waals surface area contributed by atoms with E-state index >= 15 is 0 Å². The highest BCUT2D eigenvalue weighted by Crippen LogP contribution is 2.03. The fourth-order valence-electron chi connectivity index (χ4n) is 1.42. The van der Waals surface area contributed by atoms with E-state index in [1.165, 1.54) is 6.07 Å². The minimum Gasteiger partial charge on any atom is -0.477 e. The molecule has 0 atom stereocenters. The maximum atomic E-state index is 10.8. The number of hydrogen-bond donors (Lipinski definition) is 2. The Morgan fingerprint density at radius 3 is 2.71 bits per heavy atom. The molecular formula is C11H15N3O3. The summed E-state index contributed by atoms with van der Waals surface area (Å²) in [5.74, 6) is -1.48. The van der Waals surface area contributed by atoms with Crippen molar-refractivity contribution in [1.82, 2.24) is 9.88 Å². The van der Waals surface area contributed by atoms with E-state index in [2.05, 4.69) is 4.98 Å². The number of aromatic nitrogens is 1. The Hall–Kier alpha value is -1.95. The monoisotopic (exact) mass is 237 g/mol. The van der Waals surface area contributed by atoms with Gasteiger partial charge in [0.05, 0.1) is 12.2 Å². The Kier molecular flexibility index (Phi) is 4.59. The van der Waals surface area contributed by atoms with Crippen molar-refractivity contribution >= 4 is 11.9 Å². The second kappa shape index (κ2) is 5.95. The number of nitrogens with zero attached hydrogens (tertiary/aromatic N) is 2. The van der Waals surface area contributed by atoms with Gasteiger partial charge in [0.1, 0.15) is 5.69 Å². The SMILES string of the molecule is CCN(CC(N)=O)Cc1cccc(C(=O)O)n1. The van der Waals surface area contributed by atoms with E-state index in [0.29, 0.717) is 18.8 Å². The van der Waals surface area contributed by atoms with Crippen molar-refractivity contribution in [3.8, 4) is 0 Å². The number of carbonyl (C=O) groups excluding carboxylic acids is 1. The van der Waals surface area contributed by atoms with Gasteiger partial charge in [0.15, 0.2) is 0 Å². The summed E-state index contributed by atoms with van der Waals surface area (Å²) in [4.78, 5) is 27.3. The minimum absolute atomic E-state index is 0.00220. The molecule has 0 spiro atoms. The Labute approximate surface area is 99.1 Å². The van der Waals surface area contributed by atoms with E-state index < -0.39 is 11.9 Å². The first-order valence-electron chi connectivity index (χ1n) is 5.22. The number of nitrogens with two attached hydrogens (primary N) is 1. The Morgan fingerprint density at radius 1 is 1.47 bits per heavy atom. The quantitative estimate of drug-likeness (QED) is 0.730. The Balaban J connectivity index is 2.75. The molecule has 1 amide bonds. The zero-order valence-electron chi connectivity index (χ0n) is 9.59. The topological polar surface area (TPSA) is 96.5 Å². The van der Waals surface area contributed by atoms with Crippen LogP contribution in [0.3, 0.4) is 0 Å². The van der Waals surface area contributed by atoms with Gasteiger partial charge in [-0.3, -0.25) is 9.69 Å². The van der Waals surface area contributed by atoms with Crippen molar-refractivity contribution in [2.24, 2.45) is 5.73 Å². The zero-order chi connectivity index (χ0) is 12.8. The lowest BCUT2D eigenvalue weighted by atomic mass is 10.3. The summed E-state index contributed by atoms with van der Waals surface area (Å²) in [6.07, 6.45) is 0.